The Morgan fingerprint density at radius 2 is 1.79 bits per heavy atom. The summed E-state index contributed by atoms with van der Waals surface area (Å²) in [5, 5.41) is 2.82. The highest BCUT2D eigenvalue weighted by Crippen LogP contribution is 2.26. The monoisotopic (exact) mass is 358 g/mol. The molecule has 132 valence electrons. The number of nitrogens with one attached hydrogen (secondary N) is 2. The Morgan fingerprint density at radius 1 is 1.21 bits per heavy atom. The number of carbonyl (C=O) groups is 2. The van der Waals surface area contributed by atoms with Crippen molar-refractivity contribution in [2.45, 2.75) is 30.5 Å². The lowest BCUT2D eigenvalue weighted by atomic mass is 10.2. The van der Waals surface area contributed by atoms with Crippen molar-refractivity contribution in [3.8, 4) is 0 Å². The van der Waals surface area contributed by atoms with Crippen LogP contribution in [0.3, 0.4) is 0 Å². The second-order valence-electron chi connectivity index (χ2n) is 5.78. The van der Waals surface area contributed by atoms with Crippen LogP contribution in [-0.2, 0) is 9.59 Å². The van der Waals surface area contributed by atoms with Gasteiger partial charge in [0.15, 0.2) is 6.04 Å². The van der Waals surface area contributed by atoms with Gasteiger partial charge < -0.3 is 15.1 Å². The van der Waals surface area contributed by atoms with Crippen LogP contribution in [0.15, 0.2) is 29.2 Å². The molecular formula is C16H22F2N3O2S+. The number of anilines is 1. The first-order valence-electron chi connectivity index (χ1n) is 7.82. The number of piperazine rings is 1. The van der Waals surface area contributed by atoms with Crippen LogP contribution in [0.2, 0.25) is 0 Å². The molecule has 1 fully saturated rings. The number of alkyl halides is 2. The Labute approximate surface area is 144 Å². The standard InChI is InChI=1S/C16H21F2N3O2S/c1-11(20-7-9-21(10-8-20)12(2)22)15(23)19-13-3-5-14(6-4-13)24-16(17)18/h3-6,11,16H,7-10H2,1-2H3,(H,19,23)/p+1/t11-/m1/s1. The van der Waals surface area contributed by atoms with E-state index in [2.05, 4.69) is 5.32 Å². The van der Waals surface area contributed by atoms with Crippen molar-refractivity contribution in [2.24, 2.45) is 0 Å². The van der Waals surface area contributed by atoms with Crippen molar-refractivity contribution < 1.29 is 23.3 Å². The lowest BCUT2D eigenvalue weighted by Crippen LogP contribution is -3.19. The third-order valence-corrected chi connectivity index (χ3v) is 4.93. The maximum absolute atomic E-state index is 12.4. The molecular weight excluding hydrogens is 336 g/mol. The molecule has 1 aromatic rings. The van der Waals surface area contributed by atoms with E-state index in [0.29, 0.717) is 35.4 Å². The van der Waals surface area contributed by atoms with Gasteiger partial charge in [0.2, 0.25) is 5.91 Å². The topological polar surface area (TPSA) is 53.9 Å². The normalized spacial score (nSPS) is 17.0. The number of nitrogens with zero attached hydrogens (tertiary/aromatic N) is 1. The zero-order valence-electron chi connectivity index (χ0n) is 13.7. The molecule has 24 heavy (non-hydrogen) atoms. The minimum absolute atomic E-state index is 0.0629. The van der Waals surface area contributed by atoms with Crippen LogP contribution >= 0.6 is 11.8 Å². The van der Waals surface area contributed by atoms with E-state index in [-0.39, 0.29) is 17.9 Å². The van der Waals surface area contributed by atoms with Gasteiger partial charge in [-0.05, 0) is 31.2 Å². The molecule has 0 bridgehead atoms. The van der Waals surface area contributed by atoms with E-state index in [1.165, 1.54) is 0 Å². The average Bonchev–Trinajstić information content (AvgIpc) is 2.55. The van der Waals surface area contributed by atoms with Gasteiger partial charge in [-0.2, -0.15) is 8.78 Å². The van der Waals surface area contributed by atoms with E-state index >= 15 is 0 Å². The molecule has 1 aromatic carbocycles. The second kappa shape index (κ2) is 8.43. The number of quaternary nitrogens is 1. The summed E-state index contributed by atoms with van der Waals surface area (Å²) in [6, 6.07) is 6.14. The lowest BCUT2D eigenvalue weighted by molar-refractivity contribution is -0.917. The molecule has 0 spiro atoms. The fraction of sp³-hybridized carbons (Fsp3) is 0.500. The summed E-state index contributed by atoms with van der Waals surface area (Å²) >= 11 is 0.475. The van der Waals surface area contributed by atoms with E-state index < -0.39 is 5.76 Å². The first kappa shape index (κ1) is 18.7. The van der Waals surface area contributed by atoms with Gasteiger partial charge in [0, 0.05) is 17.5 Å². The van der Waals surface area contributed by atoms with Crippen LogP contribution in [0, 0.1) is 0 Å². The van der Waals surface area contributed by atoms with Gasteiger partial charge in [0.1, 0.15) is 0 Å². The Balaban J connectivity index is 1.86. The third-order valence-electron chi connectivity index (χ3n) is 4.20. The maximum atomic E-state index is 12.4. The van der Waals surface area contributed by atoms with Crippen LogP contribution in [0.5, 0.6) is 0 Å². The SMILES string of the molecule is CC(=O)N1CC[NH+]([C@H](C)C(=O)Nc2ccc(SC(F)F)cc2)CC1. The van der Waals surface area contributed by atoms with Gasteiger partial charge in [-0.1, -0.05) is 11.8 Å². The molecule has 0 aromatic heterocycles. The first-order valence-corrected chi connectivity index (χ1v) is 8.70. The summed E-state index contributed by atoms with van der Waals surface area (Å²) in [6.45, 7) is 6.19. The number of amides is 2. The number of halogens is 2. The van der Waals surface area contributed by atoms with Crippen molar-refractivity contribution in [1.82, 2.24) is 4.90 Å². The van der Waals surface area contributed by atoms with E-state index in [0.717, 1.165) is 18.0 Å². The predicted molar refractivity (Wildman–Crippen MR) is 89.3 cm³/mol. The van der Waals surface area contributed by atoms with Gasteiger partial charge >= 0.3 is 0 Å². The van der Waals surface area contributed by atoms with Crippen molar-refractivity contribution in [1.29, 1.82) is 0 Å². The molecule has 1 heterocycles. The number of carbonyl (C=O) groups excluding carboxylic acids is 2. The van der Waals surface area contributed by atoms with Crippen molar-refractivity contribution in [3.05, 3.63) is 24.3 Å². The number of benzene rings is 1. The summed E-state index contributed by atoms with van der Waals surface area (Å²) in [4.78, 5) is 27.1. The van der Waals surface area contributed by atoms with Gasteiger partial charge in [-0.15, -0.1) is 0 Å². The van der Waals surface area contributed by atoms with Gasteiger partial charge in [0.05, 0.1) is 26.2 Å². The largest absolute Gasteiger partial charge is 0.332 e. The van der Waals surface area contributed by atoms with Gasteiger partial charge in [-0.3, -0.25) is 9.59 Å². The third kappa shape index (κ3) is 5.17. The number of hydrogen-bond donors (Lipinski definition) is 2. The summed E-state index contributed by atoms with van der Waals surface area (Å²) in [7, 11) is 0. The highest BCUT2D eigenvalue weighted by atomic mass is 32.2. The number of thioether (sulfide) groups is 1. The van der Waals surface area contributed by atoms with Crippen molar-refractivity contribution in [3.63, 3.8) is 0 Å². The van der Waals surface area contributed by atoms with E-state index in [1.807, 2.05) is 6.92 Å². The molecule has 1 saturated heterocycles. The molecule has 1 aliphatic heterocycles. The first-order chi connectivity index (χ1) is 11.4. The van der Waals surface area contributed by atoms with Crippen LogP contribution in [0.25, 0.3) is 0 Å². The van der Waals surface area contributed by atoms with Crippen LogP contribution in [0.4, 0.5) is 14.5 Å². The van der Waals surface area contributed by atoms with Crippen LogP contribution < -0.4 is 10.2 Å². The zero-order chi connectivity index (χ0) is 17.7. The quantitative estimate of drug-likeness (QED) is 0.775. The molecule has 0 aliphatic carbocycles. The molecule has 1 atom stereocenters. The fourth-order valence-corrected chi connectivity index (χ4v) is 3.20. The molecule has 2 amide bonds. The Hall–Kier alpha value is -1.67. The van der Waals surface area contributed by atoms with Gasteiger partial charge in [0.25, 0.3) is 11.7 Å². The number of hydrogen-bond acceptors (Lipinski definition) is 3. The molecule has 1 aliphatic rings. The van der Waals surface area contributed by atoms with Gasteiger partial charge in [-0.25, -0.2) is 0 Å². The molecule has 0 saturated carbocycles. The Kier molecular flexibility index (Phi) is 6.56. The zero-order valence-corrected chi connectivity index (χ0v) is 14.5. The van der Waals surface area contributed by atoms with Crippen molar-refractivity contribution >= 4 is 29.3 Å². The number of rotatable bonds is 5. The average molecular weight is 358 g/mol. The molecule has 8 heteroatoms. The fourth-order valence-electron chi connectivity index (χ4n) is 2.70. The van der Waals surface area contributed by atoms with Crippen LogP contribution in [0.1, 0.15) is 13.8 Å². The van der Waals surface area contributed by atoms with E-state index in [9.17, 15) is 18.4 Å². The lowest BCUT2D eigenvalue weighted by Gasteiger charge is -2.34. The minimum atomic E-state index is -2.46. The summed E-state index contributed by atoms with van der Waals surface area (Å²) in [6.07, 6.45) is 0. The summed E-state index contributed by atoms with van der Waals surface area (Å²) < 4.78 is 24.6. The maximum Gasteiger partial charge on any atom is 0.288 e. The molecule has 0 unspecified atom stereocenters. The Morgan fingerprint density at radius 3 is 2.29 bits per heavy atom. The smallest absolute Gasteiger partial charge is 0.288 e. The molecule has 2 N–H and O–H groups in total. The molecule has 5 nitrogen and oxygen atoms in total. The molecule has 0 radical (unpaired) electrons. The highest BCUT2D eigenvalue weighted by Gasteiger charge is 2.29. The summed E-state index contributed by atoms with van der Waals surface area (Å²) in [5.41, 5.74) is 0.590. The highest BCUT2D eigenvalue weighted by molar-refractivity contribution is 7.99. The second-order valence-corrected chi connectivity index (χ2v) is 6.84. The molecule has 2 rings (SSSR count). The predicted octanol–water partition coefficient (Wildman–Crippen LogP) is 1.08. The van der Waals surface area contributed by atoms with Crippen molar-refractivity contribution in [2.75, 3.05) is 31.5 Å². The van der Waals surface area contributed by atoms with Crippen LogP contribution in [-0.4, -0.2) is 54.7 Å². The minimum Gasteiger partial charge on any atom is -0.332 e. The Bertz CT molecular complexity index is 575. The van der Waals surface area contributed by atoms with E-state index in [4.69, 9.17) is 0 Å². The van der Waals surface area contributed by atoms with E-state index in [1.54, 1.807) is 36.1 Å². The summed E-state index contributed by atoms with van der Waals surface area (Å²) in [5.74, 6) is -2.51.